The summed E-state index contributed by atoms with van der Waals surface area (Å²) in [6.45, 7) is 0. The Hall–Kier alpha value is -1.43. The summed E-state index contributed by atoms with van der Waals surface area (Å²) in [5.41, 5.74) is 5.84. The van der Waals surface area contributed by atoms with E-state index < -0.39 is 5.97 Å². The molecule has 0 bridgehead atoms. The average Bonchev–Trinajstić information content (AvgIpc) is 2.71. The summed E-state index contributed by atoms with van der Waals surface area (Å²) < 4.78 is 1.57. The van der Waals surface area contributed by atoms with E-state index in [0.717, 1.165) is 19.3 Å². The van der Waals surface area contributed by atoms with Gasteiger partial charge in [0, 0.05) is 6.04 Å². The first-order valence-corrected chi connectivity index (χ1v) is 4.59. The van der Waals surface area contributed by atoms with Gasteiger partial charge in [-0.05, 0) is 19.3 Å². The van der Waals surface area contributed by atoms with Gasteiger partial charge in [0.15, 0.2) is 5.69 Å². The number of rotatable bonds is 2. The third-order valence-electron chi connectivity index (χ3n) is 2.60. The monoisotopic (exact) mass is 196 g/mol. The second kappa shape index (κ2) is 3.38. The largest absolute Gasteiger partial charge is 0.476 e. The van der Waals surface area contributed by atoms with Crippen molar-refractivity contribution in [2.75, 3.05) is 0 Å². The van der Waals surface area contributed by atoms with Gasteiger partial charge < -0.3 is 10.8 Å². The molecule has 0 aromatic carbocycles. The summed E-state index contributed by atoms with van der Waals surface area (Å²) in [7, 11) is 0. The van der Waals surface area contributed by atoms with Crippen LogP contribution in [0.25, 0.3) is 0 Å². The summed E-state index contributed by atoms with van der Waals surface area (Å²) in [4.78, 5) is 10.6. The van der Waals surface area contributed by atoms with Crippen molar-refractivity contribution < 1.29 is 9.90 Å². The highest BCUT2D eigenvalue weighted by molar-refractivity contribution is 5.84. The summed E-state index contributed by atoms with van der Waals surface area (Å²) in [6, 6.07) is 0.175. The van der Waals surface area contributed by atoms with E-state index in [4.69, 9.17) is 10.8 Å². The van der Waals surface area contributed by atoms with Crippen molar-refractivity contribution in [1.29, 1.82) is 0 Å². The molecule has 2 rings (SSSR count). The van der Waals surface area contributed by atoms with Gasteiger partial charge in [0.25, 0.3) is 0 Å². The van der Waals surface area contributed by atoms with E-state index in [0.29, 0.717) is 0 Å². The molecule has 76 valence electrons. The Morgan fingerprint density at radius 1 is 1.64 bits per heavy atom. The summed E-state index contributed by atoms with van der Waals surface area (Å²) >= 11 is 0. The van der Waals surface area contributed by atoms with E-state index in [1.165, 1.54) is 6.20 Å². The molecular formula is C8H12N4O2. The van der Waals surface area contributed by atoms with Gasteiger partial charge in [-0.2, -0.15) is 0 Å². The molecule has 6 nitrogen and oxygen atoms in total. The standard InChI is InChI=1S/C8H12N4O2/c9-5-2-1-3-7(5)12-4-6(8(13)14)10-11-12/h4-5,7H,1-3,9H2,(H,13,14)/t5-,7+/m0/s1. The topological polar surface area (TPSA) is 94.0 Å². The normalized spacial score (nSPS) is 26.6. The fourth-order valence-corrected chi connectivity index (χ4v) is 1.83. The number of hydrogen-bond acceptors (Lipinski definition) is 4. The zero-order valence-corrected chi connectivity index (χ0v) is 7.63. The molecule has 0 aliphatic heterocycles. The highest BCUT2D eigenvalue weighted by Crippen LogP contribution is 2.27. The number of carbonyl (C=O) groups is 1. The van der Waals surface area contributed by atoms with Crippen LogP contribution in [0.1, 0.15) is 35.8 Å². The lowest BCUT2D eigenvalue weighted by molar-refractivity contribution is 0.0690. The van der Waals surface area contributed by atoms with Gasteiger partial charge in [-0.25, -0.2) is 9.48 Å². The molecule has 6 heteroatoms. The highest BCUT2D eigenvalue weighted by Gasteiger charge is 2.27. The Bertz CT molecular complexity index is 349. The Morgan fingerprint density at radius 3 is 2.93 bits per heavy atom. The molecule has 0 spiro atoms. The number of carboxylic acids is 1. The quantitative estimate of drug-likeness (QED) is 0.695. The number of nitrogens with two attached hydrogens (primary N) is 1. The van der Waals surface area contributed by atoms with Crippen molar-refractivity contribution in [2.24, 2.45) is 5.73 Å². The van der Waals surface area contributed by atoms with Gasteiger partial charge in [-0.15, -0.1) is 5.10 Å². The first-order chi connectivity index (χ1) is 6.68. The number of carboxylic acid groups (broad SMARTS) is 1. The Kier molecular flexibility index (Phi) is 2.20. The van der Waals surface area contributed by atoms with E-state index in [-0.39, 0.29) is 17.8 Å². The molecule has 1 saturated carbocycles. The zero-order valence-electron chi connectivity index (χ0n) is 7.63. The number of aromatic nitrogens is 3. The third kappa shape index (κ3) is 1.48. The van der Waals surface area contributed by atoms with E-state index >= 15 is 0 Å². The minimum absolute atomic E-state index is 0.0240. The number of aromatic carboxylic acids is 1. The van der Waals surface area contributed by atoms with Crippen molar-refractivity contribution in [3.05, 3.63) is 11.9 Å². The fraction of sp³-hybridized carbons (Fsp3) is 0.625. The van der Waals surface area contributed by atoms with E-state index in [2.05, 4.69) is 10.3 Å². The first-order valence-electron chi connectivity index (χ1n) is 4.59. The third-order valence-corrected chi connectivity index (χ3v) is 2.60. The summed E-state index contributed by atoms with van der Waals surface area (Å²) in [5, 5.41) is 16.0. The molecule has 1 aromatic rings. The van der Waals surface area contributed by atoms with Crippen LogP contribution in [-0.2, 0) is 0 Å². The molecule has 0 amide bonds. The van der Waals surface area contributed by atoms with Gasteiger partial charge in [0.05, 0.1) is 12.2 Å². The molecule has 1 aromatic heterocycles. The lowest BCUT2D eigenvalue weighted by Gasteiger charge is -2.14. The fourth-order valence-electron chi connectivity index (χ4n) is 1.83. The molecule has 1 aliphatic carbocycles. The maximum atomic E-state index is 10.6. The predicted molar refractivity (Wildman–Crippen MR) is 47.8 cm³/mol. The Labute approximate surface area is 80.7 Å². The molecule has 0 radical (unpaired) electrons. The molecular weight excluding hydrogens is 184 g/mol. The van der Waals surface area contributed by atoms with E-state index in [1.807, 2.05) is 0 Å². The van der Waals surface area contributed by atoms with Crippen LogP contribution in [0.2, 0.25) is 0 Å². The Morgan fingerprint density at radius 2 is 2.43 bits per heavy atom. The summed E-state index contributed by atoms with van der Waals surface area (Å²) in [5.74, 6) is -1.05. The van der Waals surface area contributed by atoms with Crippen LogP contribution in [0.5, 0.6) is 0 Å². The molecule has 2 atom stereocenters. The van der Waals surface area contributed by atoms with Crippen LogP contribution < -0.4 is 5.73 Å². The van der Waals surface area contributed by atoms with Gasteiger partial charge in [0.1, 0.15) is 0 Å². The van der Waals surface area contributed by atoms with Crippen LogP contribution in [0, 0.1) is 0 Å². The smallest absolute Gasteiger partial charge is 0.358 e. The maximum absolute atomic E-state index is 10.6. The van der Waals surface area contributed by atoms with Gasteiger partial charge in [0.2, 0.25) is 0 Å². The second-order valence-corrected chi connectivity index (χ2v) is 3.55. The first kappa shape index (κ1) is 9.14. The average molecular weight is 196 g/mol. The van der Waals surface area contributed by atoms with Crippen molar-refractivity contribution in [3.63, 3.8) is 0 Å². The summed E-state index contributed by atoms with van der Waals surface area (Å²) in [6.07, 6.45) is 4.42. The zero-order chi connectivity index (χ0) is 10.1. The van der Waals surface area contributed by atoms with Crippen molar-refractivity contribution >= 4 is 5.97 Å². The molecule has 0 unspecified atom stereocenters. The lowest BCUT2D eigenvalue weighted by Crippen LogP contribution is -2.27. The SMILES string of the molecule is N[C@H]1CCC[C@H]1n1cc(C(=O)O)nn1. The van der Waals surface area contributed by atoms with Crippen LogP contribution >= 0.6 is 0 Å². The Balaban J connectivity index is 2.20. The van der Waals surface area contributed by atoms with E-state index in [9.17, 15) is 4.79 Å². The predicted octanol–water partition coefficient (Wildman–Crippen LogP) is 0.0286. The molecule has 1 heterocycles. The van der Waals surface area contributed by atoms with Gasteiger partial charge >= 0.3 is 5.97 Å². The van der Waals surface area contributed by atoms with Crippen LogP contribution in [0.15, 0.2) is 6.20 Å². The van der Waals surface area contributed by atoms with Gasteiger partial charge in [-0.1, -0.05) is 5.21 Å². The van der Waals surface area contributed by atoms with Crippen molar-refractivity contribution in [2.45, 2.75) is 31.3 Å². The molecule has 1 aliphatic rings. The number of nitrogens with zero attached hydrogens (tertiary/aromatic N) is 3. The molecule has 0 saturated heterocycles. The number of hydrogen-bond donors (Lipinski definition) is 2. The van der Waals surface area contributed by atoms with Crippen LogP contribution in [-0.4, -0.2) is 32.1 Å². The minimum Gasteiger partial charge on any atom is -0.476 e. The highest BCUT2D eigenvalue weighted by atomic mass is 16.4. The second-order valence-electron chi connectivity index (χ2n) is 3.55. The van der Waals surface area contributed by atoms with Crippen molar-refractivity contribution in [3.8, 4) is 0 Å². The van der Waals surface area contributed by atoms with Gasteiger partial charge in [-0.3, -0.25) is 0 Å². The minimum atomic E-state index is -1.05. The lowest BCUT2D eigenvalue weighted by atomic mass is 10.2. The molecule has 3 N–H and O–H groups in total. The van der Waals surface area contributed by atoms with Crippen molar-refractivity contribution in [1.82, 2.24) is 15.0 Å². The van der Waals surface area contributed by atoms with E-state index in [1.54, 1.807) is 4.68 Å². The molecule has 14 heavy (non-hydrogen) atoms. The van der Waals surface area contributed by atoms with Crippen LogP contribution in [0.3, 0.4) is 0 Å². The maximum Gasteiger partial charge on any atom is 0.358 e. The van der Waals surface area contributed by atoms with Crippen LogP contribution in [0.4, 0.5) is 0 Å². The molecule has 1 fully saturated rings.